The second kappa shape index (κ2) is 13.0. The predicted molar refractivity (Wildman–Crippen MR) is 128 cm³/mol. The van der Waals surface area contributed by atoms with Crippen LogP contribution in [0.4, 0.5) is 5.95 Å². The number of aromatic amines is 1. The molecule has 0 aliphatic carbocycles. The summed E-state index contributed by atoms with van der Waals surface area (Å²) < 4.78 is 0. The molecule has 3 rings (SSSR count). The average molecular weight is 421 g/mol. The van der Waals surface area contributed by atoms with Gasteiger partial charge in [-0.2, -0.15) is 0 Å². The van der Waals surface area contributed by atoms with Crippen LogP contribution >= 0.6 is 0 Å². The van der Waals surface area contributed by atoms with Crippen molar-refractivity contribution in [2.45, 2.75) is 19.3 Å². The molecule has 0 bridgehead atoms. The molecule has 1 heterocycles. The molecule has 0 radical (unpaired) electrons. The largest absolute Gasteiger partial charge is 0.508 e. The van der Waals surface area contributed by atoms with Crippen LogP contribution in [0.15, 0.2) is 78.1 Å². The van der Waals surface area contributed by atoms with Gasteiger partial charge in [0.2, 0.25) is 5.95 Å². The Morgan fingerprint density at radius 3 is 2.42 bits per heavy atom. The van der Waals surface area contributed by atoms with Gasteiger partial charge in [-0.05, 0) is 50.2 Å². The van der Waals surface area contributed by atoms with Crippen molar-refractivity contribution in [3.63, 3.8) is 0 Å². The van der Waals surface area contributed by atoms with Gasteiger partial charge in [-0.3, -0.25) is 9.78 Å². The molecule has 1 aromatic heterocycles. The zero-order valence-electron chi connectivity index (χ0n) is 18.3. The Kier molecular flexibility index (Phi) is 10.0. The number of aromatic nitrogens is 2. The van der Waals surface area contributed by atoms with E-state index < -0.39 is 0 Å². The Labute approximate surface area is 184 Å². The lowest BCUT2D eigenvalue weighted by atomic mass is 10.1. The lowest BCUT2D eigenvalue weighted by Crippen LogP contribution is -2.29. The van der Waals surface area contributed by atoms with Crippen LogP contribution in [-0.2, 0) is 12.8 Å². The van der Waals surface area contributed by atoms with Crippen molar-refractivity contribution in [3.05, 3.63) is 100 Å². The Hall–Kier alpha value is -3.38. The average Bonchev–Trinajstić information content (AvgIpc) is 2.75. The molecular weight excluding hydrogens is 388 g/mol. The van der Waals surface area contributed by atoms with E-state index in [4.69, 9.17) is 0 Å². The highest BCUT2D eigenvalue weighted by atomic mass is 16.3. The normalized spacial score (nSPS) is 10.1. The first kappa shape index (κ1) is 23.9. The summed E-state index contributed by atoms with van der Waals surface area (Å²) in [4.78, 5) is 21.7. The Bertz CT molecular complexity index is 969. The van der Waals surface area contributed by atoms with Crippen molar-refractivity contribution < 1.29 is 5.11 Å². The van der Waals surface area contributed by atoms with E-state index in [1.807, 2.05) is 67.5 Å². The molecule has 2 aromatic carbocycles. The molecule has 164 valence electrons. The predicted octanol–water partition coefficient (Wildman–Crippen LogP) is 3.53. The maximum Gasteiger partial charge on any atom is 0.252 e. The van der Waals surface area contributed by atoms with Crippen LogP contribution in [0.2, 0.25) is 0 Å². The smallest absolute Gasteiger partial charge is 0.252 e. The minimum Gasteiger partial charge on any atom is -0.508 e. The summed E-state index contributed by atoms with van der Waals surface area (Å²) >= 11 is 0. The maximum absolute atomic E-state index is 12.2. The van der Waals surface area contributed by atoms with Crippen LogP contribution in [0.1, 0.15) is 23.2 Å². The van der Waals surface area contributed by atoms with Gasteiger partial charge in [0.05, 0.1) is 5.69 Å². The van der Waals surface area contributed by atoms with Gasteiger partial charge in [0, 0.05) is 25.6 Å². The molecule has 6 heteroatoms. The first-order valence-electron chi connectivity index (χ1n) is 10.4. The topological polar surface area (TPSA) is 81.2 Å². The Morgan fingerprint density at radius 2 is 1.77 bits per heavy atom. The molecule has 0 unspecified atom stereocenters. The highest BCUT2D eigenvalue weighted by molar-refractivity contribution is 5.33. The van der Waals surface area contributed by atoms with Gasteiger partial charge in [-0.15, -0.1) is 6.58 Å². The molecule has 0 atom stereocenters. The second-order valence-electron chi connectivity index (χ2n) is 7.23. The van der Waals surface area contributed by atoms with Gasteiger partial charge in [0.25, 0.3) is 5.56 Å². The molecule has 6 nitrogen and oxygen atoms in total. The molecular formula is C25H32N4O2. The summed E-state index contributed by atoms with van der Waals surface area (Å²) in [5.41, 5.74) is 2.88. The quantitative estimate of drug-likeness (QED) is 0.462. The highest BCUT2D eigenvalue weighted by Crippen LogP contribution is 2.14. The summed E-state index contributed by atoms with van der Waals surface area (Å²) in [7, 11) is 3.75. The SMILES string of the molecule is C=CCN(CCCc1ccc(O)cc1)c1nc(Cc2ccccc2)cc(=O)[nH]1.CNC. The second-order valence-corrected chi connectivity index (χ2v) is 7.23. The molecule has 31 heavy (non-hydrogen) atoms. The minimum atomic E-state index is -0.150. The van der Waals surface area contributed by atoms with Crippen molar-refractivity contribution in [1.29, 1.82) is 0 Å². The highest BCUT2D eigenvalue weighted by Gasteiger charge is 2.10. The zero-order chi connectivity index (χ0) is 22.5. The third-order valence-corrected chi connectivity index (χ3v) is 4.49. The van der Waals surface area contributed by atoms with Gasteiger partial charge >= 0.3 is 0 Å². The van der Waals surface area contributed by atoms with Crippen molar-refractivity contribution in [1.82, 2.24) is 15.3 Å². The Balaban J connectivity index is 0.00000107. The fraction of sp³-hybridized carbons (Fsp3) is 0.280. The van der Waals surface area contributed by atoms with Crippen LogP contribution < -0.4 is 15.8 Å². The zero-order valence-corrected chi connectivity index (χ0v) is 18.3. The number of rotatable bonds is 9. The molecule has 3 N–H and O–H groups in total. The van der Waals surface area contributed by atoms with E-state index in [1.165, 1.54) is 0 Å². The lowest BCUT2D eigenvalue weighted by Gasteiger charge is -2.22. The van der Waals surface area contributed by atoms with Crippen LogP contribution in [-0.4, -0.2) is 42.3 Å². The van der Waals surface area contributed by atoms with Crippen molar-refractivity contribution in [2.24, 2.45) is 0 Å². The summed E-state index contributed by atoms with van der Waals surface area (Å²) in [5.74, 6) is 0.845. The fourth-order valence-corrected chi connectivity index (χ4v) is 3.12. The number of phenols is 1. The molecule has 0 saturated heterocycles. The number of H-pyrrole nitrogens is 1. The van der Waals surface area contributed by atoms with Gasteiger partial charge in [-0.1, -0.05) is 48.5 Å². The number of nitrogens with one attached hydrogen (secondary N) is 2. The van der Waals surface area contributed by atoms with E-state index in [9.17, 15) is 9.90 Å². The summed E-state index contributed by atoms with van der Waals surface area (Å²) in [6.07, 6.45) is 4.20. The molecule has 0 saturated carbocycles. The summed E-state index contributed by atoms with van der Waals surface area (Å²) in [6.45, 7) is 5.17. The third kappa shape index (κ3) is 8.48. The number of hydrogen-bond acceptors (Lipinski definition) is 5. The number of hydrogen-bond donors (Lipinski definition) is 3. The van der Waals surface area contributed by atoms with E-state index in [1.54, 1.807) is 18.2 Å². The number of anilines is 1. The standard InChI is InChI=1S/C23H25N3O2.C2H7N/c1-2-14-26(15-6-9-18-10-12-21(27)13-11-18)23-24-20(17-22(28)25-23)16-19-7-4-3-5-8-19;1-3-2/h2-5,7-8,10-13,17,27H,1,6,9,14-16H2,(H,24,25,28);3H,1-2H3. The number of phenolic OH excluding ortho intramolecular Hbond substituents is 1. The Morgan fingerprint density at radius 1 is 1.10 bits per heavy atom. The van der Waals surface area contributed by atoms with E-state index >= 15 is 0 Å². The van der Waals surface area contributed by atoms with Gasteiger partial charge in [-0.25, -0.2) is 4.98 Å². The number of aromatic hydroxyl groups is 1. The molecule has 0 fully saturated rings. The van der Waals surface area contributed by atoms with Crippen molar-refractivity contribution >= 4 is 5.95 Å². The number of nitrogens with zero attached hydrogens (tertiary/aromatic N) is 2. The van der Waals surface area contributed by atoms with Gasteiger partial charge in [0.1, 0.15) is 5.75 Å². The molecule has 0 aliphatic rings. The molecule has 0 aliphatic heterocycles. The van der Waals surface area contributed by atoms with E-state index in [0.29, 0.717) is 18.9 Å². The number of aryl methyl sites for hydroxylation is 1. The maximum atomic E-state index is 12.2. The number of benzene rings is 2. The fourth-order valence-electron chi connectivity index (χ4n) is 3.12. The van der Waals surface area contributed by atoms with Crippen LogP contribution in [0.3, 0.4) is 0 Å². The van der Waals surface area contributed by atoms with Gasteiger partial charge in [0.15, 0.2) is 0 Å². The minimum absolute atomic E-state index is 0.150. The summed E-state index contributed by atoms with van der Waals surface area (Å²) in [6, 6.07) is 18.8. The first-order chi connectivity index (χ1) is 15.0. The third-order valence-electron chi connectivity index (χ3n) is 4.49. The van der Waals surface area contributed by atoms with Crippen LogP contribution in [0.5, 0.6) is 5.75 Å². The lowest BCUT2D eigenvalue weighted by molar-refractivity contribution is 0.475. The van der Waals surface area contributed by atoms with E-state index in [-0.39, 0.29) is 11.3 Å². The van der Waals surface area contributed by atoms with Gasteiger partial charge < -0.3 is 15.3 Å². The van der Waals surface area contributed by atoms with E-state index in [2.05, 4.69) is 21.9 Å². The van der Waals surface area contributed by atoms with E-state index in [0.717, 1.165) is 36.2 Å². The van der Waals surface area contributed by atoms with Crippen LogP contribution in [0, 0.1) is 0 Å². The molecule has 3 aromatic rings. The summed E-state index contributed by atoms with van der Waals surface area (Å²) in [5, 5.41) is 12.1. The van der Waals surface area contributed by atoms with Crippen molar-refractivity contribution in [2.75, 3.05) is 32.1 Å². The van der Waals surface area contributed by atoms with Crippen molar-refractivity contribution in [3.8, 4) is 5.75 Å². The molecule has 0 amide bonds. The first-order valence-corrected chi connectivity index (χ1v) is 10.4. The molecule has 0 spiro atoms. The van der Waals surface area contributed by atoms with Crippen LogP contribution in [0.25, 0.3) is 0 Å². The monoisotopic (exact) mass is 420 g/mol.